The van der Waals surface area contributed by atoms with Crippen LogP contribution < -0.4 is 10.5 Å². The molecule has 0 aliphatic carbocycles. The largest absolute Gasteiger partial charge is 0.364 e. The normalized spacial score (nSPS) is 11.3. The second-order valence-corrected chi connectivity index (χ2v) is 5.12. The molecule has 0 atom stereocenters. The molecular formula is C10H8FN3O4S. The number of halogens is 1. The van der Waals surface area contributed by atoms with E-state index in [0.29, 0.717) is 0 Å². The van der Waals surface area contributed by atoms with Gasteiger partial charge in [0, 0.05) is 11.8 Å². The molecule has 7 nitrogen and oxygen atoms in total. The molecule has 2 rings (SSSR count). The number of nitrogens with one attached hydrogen (secondary N) is 1. The molecule has 0 aliphatic heterocycles. The lowest BCUT2D eigenvalue weighted by atomic mass is 10.3. The highest BCUT2D eigenvalue weighted by atomic mass is 32.2. The minimum absolute atomic E-state index is 0.0265. The molecular weight excluding hydrogens is 277 g/mol. The molecule has 1 amide bonds. The number of carbonyl (C=O) groups is 1. The summed E-state index contributed by atoms with van der Waals surface area (Å²) >= 11 is 0. The number of amides is 1. The van der Waals surface area contributed by atoms with E-state index in [1.165, 1.54) is 12.3 Å². The first kappa shape index (κ1) is 13.2. The Labute approximate surface area is 107 Å². The first-order valence-electron chi connectivity index (χ1n) is 4.91. The number of aromatic nitrogens is 1. The summed E-state index contributed by atoms with van der Waals surface area (Å²) in [6.07, 6.45) is 1.19. The van der Waals surface area contributed by atoms with Gasteiger partial charge in [-0.25, -0.2) is 17.9 Å². The van der Waals surface area contributed by atoms with Gasteiger partial charge in [0.05, 0.1) is 4.90 Å². The molecule has 19 heavy (non-hydrogen) atoms. The standard InChI is InChI=1S/C10H8FN3O4S/c11-6-3-7(5-8(4-6)19(12,16)17)13-10(15)9-1-2-18-14-9/h1-5H,(H,13,15)(H2,12,16,17). The number of benzene rings is 1. The van der Waals surface area contributed by atoms with Crippen molar-refractivity contribution in [2.75, 3.05) is 5.32 Å². The van der Waals surface area contributed by atoms with Gasteiger partial charge in [-0.05, 0) is 18.2 Å². The van der Waals surface area contributed by atoms with Crippen molar-refractivity contribution in [2.45, 2.75) is 4.90 Å². The summed E-state index contributed by atoms with van der Waals surface area (Å²) in [5.41, 5.74) is -0.0848. The van der Waals surface area contributed by atoms with E-state index >= 15 is 0 Å². The Morgan fingerprint density at radius 3 is 2.68 bits per heavy atom. The van der Waals surface area contributed by atoms with Crippen LogP contribution in [0.4, 0.5) is 10.1 Å². The molecule has 0 aliphatic rings. The lowest BCUT2D eigenvalue weighted by molar-refractivity contribution is 0.101. The SMILES string of the molecule is NS(=O)(=O)c1cc(F)cc(NC(=O)c2ccon2)c1. The van der Waals surface area contributed by atoms with Gasteiger partial charge >= 0.3 is 0 Å². The van der Waals surface area contributed by atoms with Crippen LogP contribution in [0.15, 0.2) is 39.9 Å². The van der Waals surface area contributed by atoms with Crippen LogP contribution in [-0.4, -0.2) is 19.5 Å². The number of carbonyl (C=O) groups excluding carboxylic acids is 1. The summed E-state index contributed by atoms with van der Waals surface area (Å²) < 4.78 is 40.0. The third-order valence-electron chi connectivity index (χ3n) is 2.13. The van der Waals surface area contributed by atoms with E-state index in [1.807, 2.05) is 0 Å². The quantitative estimate of drug-likeness (QED) is 0.861. The number of primary sulfonamides is 1. The van der Waals surface area contributed by atoms with E-state index < -0.39 is 26.6 Å². The third-order valence-corrected chi connectivity index (χ3v) is 3.02. The van der Waals surface area contributed by atoms with Gasteiger partial charge in [-0.1, -0.05) is 5.16 Å². The van der Waals surface area contributed by atoms with Gasteiger partial charge in [0.25, 0.3) is 5.91 Å². The zero-order chi connectivity index (χ0) is 14.0. The second kappa shape index (κ2) is 4.78. The van der Waals surface area contributed by atoms with E-state index in [4.69, 9.17) is 5.14 Å². The molecule has 1 heterocycles. The zero-order valence-corrected chi connectivity index (χ0v) is 10.1. The second-order valence-electron chi connectivity index (χ2n) is 3.56. The summed E-state index contributed by atoms with van der Waals surface area (Å²) in [5, 5.41) is 10.5. The first-order valence-corrected chi connectivity index (χ1v) is 6.46. The van der Waals surface area contributed by atoms with Gasteiger partial charge in [0.15, 0.2) is 5.69 Å². The Balaban J connectivity index is 2.31. The van der Waals surface area contributed by atoms with Gasteiger partial charge in [-0.3, -0.25) is 4.79 Å². The Bertz CT molecular complexity index is 712. The predicted molar refractivity (Wildman–Crippen MR) is 62.2 cm³/mol. The molecule has 1 aromatic heterocycles. The van der Waals surface area contributed by atoms with Gasteiger partial charge in [0.1, 0.15) is 12.1 Å². The van der Waals surface area contributed by atoms with E-state index in [1.54, 1.807) is 0 Å². The molecule has 2 aromatic rings. The molecule has 0 saturated heterocycles. The maximum atomic E-state index is 13.2. The third kappa shape index (κ3) is 3.14. The smallest absolute Gasteiger partial charge is 0.277 e. The van der Waals surface area contributed by atoms with Crippen molar-refractivity contribution in [3.63, 3.8) is 0 Å². The molecule has 1 aromatic carbocycles. The number of nitrogens with two attached hydrogens (primary N) is 1. The van der Waals surface area contributed by atoms with Crippen LogP contribution in [0.2, 0.25) is 0 Å². The van der Waals surface area contributed by atoms with Crippen molar-refractivity contribution < 1.29 is 22.1 Å². The van der Waals surface area contributed by atoms with Crippen LogP contribution in [0.3, 0.4) is 0 Å². The molecule has 0 saturated carbocycles. The molecule has 0 spiro atoms. The Morgan fingerprint density at radius 2 is 2.11 bits per heavy atom. The van der Waals surface area contributed by atoms with Crippen molar-refractivity contribution in [1.29, 1.82) is 0 Å². The average Bonchev–Trinajstić information content (AvgIpc) is 2.80. The molecule has 0 radical (unpaired) electrons. The van der Waals surface area contributed by atoms with E-state index in [2.05, 4.69) is 15.0 Å². The summed E-state index contributed by atoms with van der Waals surface area (Å²) in [6, 6.07) is 4.04. The molecule has 100 valence electrons. The van der Waals surface area contributed by atoms with Crippen molar-refractivity contribution in [1.82, 2.24) is 5.16 Å². The highest BCUT2D eigenvalue weighted by Gasteiger charge is 2.14. The number of hydrogen-bond acceptors (Lipinski definition) is 5. The number of rotatable bonds is 3. The van der Waals surface area contributed by atoms with Gasteiger partial charge in [0.2, 0.25) is 10.0 Å². The minimum Gasteiger partial charge on any atom is -0.364 e. The van der Waals surface area contributed by atoms with Crippen molar-refractivity contribution in [3.05, 3.63) is 42.0 Å². The maximum absolute atomic E-state index is 13.2. The highest BCUT2D eigenvalue weighted by Crippen LogP contribution is 2.17. The molecule has 0 bridgehead atoms. The zero-order valence-electron chi connectivity index (χ0n) is 9.33. The number of nitrogens with zero attached hydrogens (tertiary/aromatic N) is 1. The Morgan fingerprint density at radius 1 is 1.37 bits per heavy atom. The lowest BCUT2D eigenvalue weighted by Crippen LogP contribution is -2.15. The fraction of sp³-hybridized carbons (Fsp3) is 0. The van der Waals surface area contributed by atoms with Crippen molar-refractivity contribution in [2.24, 2.45) is 5.14 Å². The Hall–Kier alpha value is -2.26. The van der Waals surface area contributed by atoms with Crippen LogP contribution in [0.25, 0.3) is 0 Å². The summed E-state index contributed by atoms with van der Waals surface area (Å²) in [6.45, 7) is 0. The number of sulfonamides is 1. The van der Waals surface area contributed by atoms with Crippen LogP contribution in [-0.2, 0) is 10.0 Å². The maximum Gasteiger partial charge on any atom is 0.277 e. The first-order chi connectivity index (χ1) is 8.86. The number of anilines is 1. The molecule has 9 heteroatoms. The lowest BCUT2D eigenvalue weighted by Gasteiger charge is -2.05. The monoisotopic (exact) mass is 285 g/mol. The van der Waals surface area contributed by atoms with Gasteiger partial charge < -0.3 is 9.84 Å². The minimum atomic E-state index is -4.06. The van der Waals surface area contributed by atoms with Crippen molar-refractivity contribution >= 4 is 21.6 Å². The summed E-state index contributed by atoms with van der Waals surface area (Å²) in [5.74, 6) is -1.51. The van der Waals surface area contributed by atoms with Crippen LogP contribution in [0, 0.1) is 5.82 Å². The highest BCUT2D eigenvalue weighted by molar-refractivity contribution is 7.89. The molecule has 0 unspecified atom stereocenters. The van der Waals surface area contributed by atoms with E-state index in [-0.39, 0.29) is 11.4 Å². The predicted octanol–water partition coefficient (Wildman–Crippen LogP) is 0.713. The fourth-order valence-electron chi connectivity index (χ4n) is 1.32. The average molecular weight is 285 g/mol. The summed E-state index contributed by atoms with van der Waals surface area (Å²) in [7, 11) is -4.06. The van der Waals surface area contributed by atoms with E-state index in [9.17, 15) is 17.6 Å². The van der Waals surface area contributed by atoms with Crippen LogP contribution >= 0.6 is 0 Å². The van der Waals surface area contributed by atoms with Gasteiger partial charge in [-0.2, -0.15) is 0 Å². The summed E-state index contributed by atoms with van der Waals surface area (Å²) in [4.78, 5) is 11.2. The topological polar surface area (TPSA) is 115 Å². The van der Waals surface area contributed by atoms with E-state index in [0.717, 1.165) is 18.2 Å². The van der Waals surface area contributed by atoms with Crippen LogP contribution in [0.5, 0.6) is 0 Å². The van der Waals surface area contributed by atoms with Crippen LogP contribution in [0.1, 0.15) is 10.5 Å². The number of hydrogen-bond donors (Lipinski definition) is 2. The van der Waals surface area contributed by atoms with Gasteiger partial charge in [-0.15, -0.1) is 0 Å². The molecule has 0 fully saturated rings. The van der Waals surface area contributed by atoms with Crippen molar-refractivity contribution in [3.8, 4) is 0 Å². The fourth-order valence-corrected chi connectivity index (χ4v) is 1.89. The molecule has 3 N–H and O–H groups in total. The Kier molecular flexibility index (Phi) is 3.32.